The van der Waals surface area contributed by atoms with Crippen molar-refractivity contribution in [1.29, 1.82) is 0 Å². The number of carbonyl (C=O) groups is 1. The normalized spacial score (nSPS) is 32.6. The van der Waals surface area contributed by atoms with E-state index in [4.69, 9.17) is 0 Å². The Morgan fingerprint density at radius 3 is 1.93 bits per heavy atom. The highest BCUT2D eigenvalue weighted by atomic mass is 32.2. The van der Waals surface area contributed by atoms with E-state index < -0.39 is 15.1 Å². The fourth-order valence-electron chi connectivity index (χ4n) is 6.61. The van der Waals surface area contributed by atoms with Crippen LogP contribution in [0.1, 0.15) is 71.3 Å². The molecule has 0 aliphatic heterocycles. The minimum absolute atomic E-state index is 0.000519. The number of Topliss-reactive ketones (excluding diaryl/α,β-unsaturated/α-hetero) is 1. The highest BCUT2D eigenvalue weighted by Crippen LogP contribution is 2.61. The predicted octanol–water partition coefficient (Wildman–Crippen LogP) is 5.22. The van der Waals surface area contributed by atoms with Crippen LogP contribution in [0.25, 0.3) is 0 Å². The summed E-state index contributed by atoms with van der Waals surface area (Å²) in [5, 5.41) is -0.417. The average Bonchev–Trinajstić information content (AvgIpc) is 2.60. The minimum Gasteiger partial charge on any atom is -0.299 e. The monoisotopic (exact) mass is 402 g/mol. The Morgan fingerprint density at radius 1 is 0.964 bits per heavy atom. The summed E-state index contributed by atoms with van der Waals surface area (Å²) < 4.78 is 24.5. The van der Waals surface area contributed by atoms with Gasteiger partial charge < -0.3 is 0 Å². The Hall–Kier alpha value is -1.16. The van der Waals surface area contributed by atoms with E-state index >= 15 is 0 Å². The highest BCUT2D eigenvalue weighted by molar-refractivity contribution is 7.92. The molecule has 1 unspecified atom stereocenters. The zero-order valence-electron chi connectivity index (χ0n) is 17.5. The summed E-state index contributed by atoms with van der Waals surface area (Å²) in [6.45, 7) is 5.45. The van der Waals surface area contributed by atoms with E-state index in [0.29, 0.717) is 22.5 Å². The number of hydrogen-bond donors (Lipinski definition) is 0. The second kappa shape index (κ2) is 7.27. The maximum atomic E-state index is 13.1. The van der Waals surface area contributed by atoms with Gasteiger partial charge in [0.1, 0.15) is 5.78 Å². The first-order chi connectivity index (χ1) is 13.2. The van der Waals surface area contributed by atoms with E-state index in [-0.39, 0.29) is 5.92 Å². The predicted molar refractivity (Wildman–Crippen MR) is 112 cm³/mol. The Balaban J connectivity index is 1.39. The van der Waals surface area contributed by atoms with Crippen molar-refractivity contribution in [3.63, 3.8) is 0 Å². The van der Waals surface area contributed by atoms with E-state index in [1.165, 1.54) is 38.5 Å². The third kappa shape index (κ3) is 3.81. The van der Waals surface area contributed by atoms with E-state index in [1.807, 2.05) is 19.1 Å². The fraction of sp³-hybridized carbons (Fsp3) is 0.708. The molecule has 4 aliphatic rings. The van der Waals surface area contributed by atoms with Crippen molar-refractivity contribution < 1.29 is 13.2 Å². The van der Waals surface area contributed by atoms with E-state index in [1.54, 1.807) is 26.0 Å². The van der Waals surface area contributed by atoms with Gasteiger partial charge in [0.05, 0.1) is 10.1 Å². The molecule has 5 rings (SSSR count). The van der Waals surface area contributed by atoms with Crippen LogP contribution in [0.5, 0.6) is 0 Å². The maximum Gasteiger partial charge on any atom is 0.180 e. The van der Waals surface area contributed by atoms with Crippen LogP contribution >= 0.6 is 0 Å². The van der Waals surface area contributed by atoms with Crippen LogP contribution in [-0.4, -0.2) is 19.5 Å². The van der Waals surface area contributed by atoms with Crippen LogP contribution in [0.3, 0.4) is 0 Å². The van der Waals surface area contributed by atoms with Gasteiger partial charge in [-0.3, -0.25) is 4.79 Å². The lowest BCUT2D eigenvalue weighted by Crippen LogP contribution is -2.47. The Morgan fingerprint density at radius 2 is 1.46 bits per heavy atom. The second-order valence-electron chi connectivity index (χ2n) is 10.4. The lowest BCUT2D eigenvalue weighted by molar-refractivity contribution is -0.130. The second-order valence-corrected chi connectivity index (χ2v) is 12.9. The standard InChI is InChI=1S/C24H34O3S/c1-16(2)28(26,27)22-6-4-18(5-7-22)8-17(3)23(25)15-24-12-19-9-20(13-24)11-21(10-19)14-24/h4-7,16-17,19-21H,8-15H2,1-3H3. The molecule has 0 N–H and O–H groups in total. The van der Waals surface area contributed by atoms with E-state index in [2.05, 4.69) is 0 Å². The van der Waals surface area contributed by atoms with Gasteiger partial charge in [-0.05, 0) is 99.7 Å². The van der Waals surface area contributed by atoms with E-state index in [0.717, 1.165) is 29.7 Å². The van der Waals surface area contributed by atoms with Gasteiger partial charge in [-0.1, -0.05) is 19.1 Å². The summed E-state index contributed by atoms with van der Waals surface area (Å²) in [5.74, 6) is 3.04. The van der Waals surface area contributed by atoms with Gasteiger partial charge in [-0.15, -0.1) is 0 Å². The first-order valence-corrected chi connectivity index (χ1v) is 12.6. The number of rotatable bonds is 7. The molecule has 0 amide bonds. The molecule has 3 nitrogen and oxygen atoms in total. The molecule has 0 saturated heterocycles. The molecule has 0 spiro atoms. The Labute approximate surface area is 170 Å². The number of hydrogen-bond acceptors (Lipinski definition) is 3. The zero-order chi connectivity index (χ0) is 20.1. The van der Waals surface area contributed by atoms with Crippen molar-refractivity contribution in [1.82, 2.24) is 0 Å². The van der Waals surface area contributed by atoms with Crippen molar-refractivity contribution in [2.75, 3.05) is 0 Å². The van der Waals surface area contributed by atoms with Crippen molar-refractivity contribution >= 4 is 15.6 Å². The maximum absolute atomic E-state index is 13.1. The van der Waals surface area contributed by atoms with Crippen molar-refractivity contribution in [2.45, 2.75) is 82.3 Å². The van der Waals surface area contributed by atoms with Crippen molar-refractivity contribution in [2.24, 2.45) is 29.1 Å². The lowest BCUT2D eigenvalue weighted by atomic mass is 9.48. The number of sulfone groups is 1. The molecule has 4 fully saturated rings. The summed E-state index contributed by atoms with van der Waals surface area (Å²) in [4.78, 5) is 13.4. The molecule has 0 heterocycles. The molecule has 1 aromatic carbocycles. The van der Waals surface area contributed by atoms with Crippen molar-refractivity contribution in [3.8, 4) is 0 Å². The van der Waals surface area contributed by atoms with Crippen LogP contribution in [-0.2, 0) is 21.1 Å². The number of carbonyl (C=O) groups excluding carboxylic acids is 1. The highest BCUT2D eigenvalue weighted by Gasteiger charge is 2.51. The topological polar surface area (TPSA) is 51.2 Å². The fourth-order valence-corrected chi connectivity index (χ4v) is 7.66. The molecule has 1 atom stereocenters. The molecule has 4 heteroatoms. The van der Waals surface area contributed by atoms with Crippen molar-refractivity contribution in [3.05, 3.63) is 29.8 Å². The summed E-state index contributed by atoms with van der Waals surface area (Å²) >= 11 is 0. The van der Waals surface area contributed by atoms with Gasteiger partial charge in [0, 0.05) is 12.3 Å². The van der Waals surface area contributed by atoms with E-state index in [9.17, 15) is 13.2 Å². The lowest BCUT2D eigenvalue weighted by Gasteiger charge is -2.57. The SMILES string of the molecule is CC(Cc1ccc(S(=O)(=O)C(C)C)cc1)C(=O)CC12CC3CC(CC(C3)C1)C2. The number of ketones is 1. The van der Waals surface area contributed by atoms with Crippen LogP contribution in [0.4, 0.5) is 0 Å². The number of benzene rings is 1. The summed E-state index contributed by atoms with van der Waals surface area (Å²) in [6.07, 6.45) is 9.53. The third-order valence-corrected chi connectivity index (χ3v) is 9.85. The first-order valence-electron chi connectivity index (χ1n) is 11.0. The minimum atomic E-state index is -3.24. The van der Waals surface area contributed by atoms with Crippen LogP contribution < -0.4 is 0 Å². The molecule has 4 bridgehead atoms. The smallest absolute Gasteiger partial charge is 0.180 e. The molecule has 28 heavy (non-hydrogen) atoms. The van der Waals surface area contributed by atoms with Gasteiger partial charge in [0.15, 0.2) is 9.84 Å². The summed E-state index contributed by atoms with van der Waals surface area (Å²) in [5.41, 5.74) is 1.35. The van der Waals surface area contributed by atoms with Crippen LogP contribution in [0.15, 0.2) is 29.2 Å². The van der Waals surface area contributed by atoms with Gasteiger partial charge >= 0.3 is 0 Å². The molecular formula is C24H34O3S. The summed E-state index contributed by atoms with van der Waals surface area (Å²) in [7, 11) is -3.24. The Bertz CT molecular complexity index is 800. The van der Waals surface area contributed by atoms with Gasteiger partial charge in [-0.25, -0.2) is 8.42 Å². The quantitative estimate of drug-likeness (QED) is 0.628. The zero-order valence-corrected chi connectivity index (χ0v) is 18.3. The van der Waals surface area contributed by atoms with Gasteiger partial charge in [0.25, 0.3) is 0 Å². The molecule has 0 aromatic heterocycles. The largest absolute Gasteiger partial charge is 0.299 e. The molecule has 154 valence electrons. The first kappa shape index (κ1) is 20.1. The van der Waals surface area contributed by atoms with Crippen LogP contribution in [0.2, 0.25) is 0 Å². The average molecular weight is 403 g/mol. The molecule has 1 aromatic rings. The van der Waals surface area contributed by atoms with Gasteiger partial charge in [-0.2, -0.15) is 0 Å². The Kier molecular flexibility index (Phi) is 5.22. The summed E-state index contributed by atoms with van der Waals surface area (Å²) in [6, 6.07) is 7.15. The molecular weight excluding hydrogens is 368 g/mol. The molecule has 0 radical (unpaired) electrons. The third-order valence-electron chi connectivity index (χ3n) is 7.68. The molecule has 4 saturated carbocycles. The van der Waals surface area contributed by atoms with Gasteiger partial charge in [0.2, 0.25) is 0 Å². The van der Waals surface area contributed by atoms with Crippen LogP contribution in [0, 0.1) is 29.1 Å². The molecule has 4 aliphatic carbocycles.